The Morgan fingerprint density at radius 3 is 2.88 bits per heavy atom. The van der Waals surface area contributed by atoms with Gasteiger partial charge in [-0.15, -0.1) is 0 Å². The first-order chi connectivity index (χ1) is 7.49. The number of hydrogen-bond donors (Lipinski definition) is 1. The maximum atomic E-state index is 11.8. The molecule has 0 aromatic rings. The molecule has 8 heteroatoms. The van der Waals surface area contributed by atoms with Crippen LogP contribution in [0, 0.1) is 0 Å². The van der Waals surface area contributed by atoms with E-state index in [9.17, 15) is 13.2 Å². The largest absolute Gasteiger partial charge is 0.480 e. The Hall–Kier alpha value is -0.310. The highest BCUT2D eigenvalue weighted by Gasteiger charge is 2.36. The van der Waals surface area contributed by atoms with Crippen LogP contribution in [0.4, 0.5) is 0 Å². The number of aliphatic carboxylic acids is 1. The van der Waals surface area contributed by atoms with Crippen molar-refractivity contribution in [3.05, 3.63) is 0 Å². The number of carboxylic acids is 1. The van der Waals surface area contributed by atoms with Crippen molar-refractivity contribution >= 4 is 27.8 Å². The lowest BCUT2D eigenvalue weighted by molar-refractivity contribution is -0.140. The second-order valence-corrected chi connectivity index (χ2v) is 6.54. The molecule has 94 valence electrons. The van der Waals surface area contributed by atoms with Gasteiger partial charge in [0, 0.05) is 25.2 Å². The van der Waals surface area contributed by atoms with Crippen LogP contribution in [0.1, 0.15) is 0 Å². The molecule has 1 aliphatic rings. The van der Waals surface area contributed by atoms with Crippen molar-refractivity contribution in [2.45, 2.75) is 6.04 Å². The fourth-order valence-electron chi connectivity index (χ4n) is 1.42. The predicted molar refractivity (Wildman–Crippen MR) is 61.1 cm³/mol. The number of sulfonamides is 1. The third-order valence-electron chi connectivity index (χ3n) is 2.27. The van der Waals surface area contributed by atoms with Crippen LogP contribution in [-0.4, -0.2) is 67.4 Å². The van der Waals surface area contributed by atoms with Gasteiger partial charge in [0.05, 0.1) is 12.4 Å². The van der Waals surface area contributed by atoms with Crippen molar-refractivity contribution in [2.75, 3.05) is 37.5 Å². The van der Waals surface area contributed by atoms with Crippen LogP contribution in [-0.2, 0) is 19.6 Å². The third-order valence-corrected chi connectivity index (χ3v) is 5.12. The van der Waals surface area contributed by atoms with E-state index in [4.69, 9.17) is 9.84 Å². The Labute approximate surface area is 99.0 Å². The van der Waals surface area contributed by atoms with E-state index in [0.29, 0.717) is 11.5 Å². The average molecular weight is 269 g/mol. The number of methoxy groups -OCH3 is 1. The second-order valence-electron chi connectivity index (χ2n) is 3.35. The molecule has 0 spiro atoms. The van der Waals surface area contributed by atoms with Gasteiger partial charge in [-0.05, 0) is 0 Å². The van der Waals surface area contributed by atoms with Crippen LogP contribution in [0.25, 0.3) is 0 Å². The van der Waals surface area contributed by atoms with Gasteiger partial charge in [0.15, 0.2) is 0 Å². The molecular weight excluding hydrogens is 254 g/mol. The molecule has 0 aromatic heterocycles. The molecule has 1 saturated heterocycles. The van der Waals surface area contributed by atoms with E-state index in [2.05, 4.69) is 0 Å². The van der Waals surface area contributed by atoms with Crippen molar-refractivity contribution in [3.63, 3.8) is 0 Å². The molecule has 0 bridgehead atoms. The molecule has 1 atom stereocenters. The van der Waals surface area contributed by atoms with E-state index in [0.717, 1.165) is 4.31 Å². The number of carboxylic acid groups (broad SMARTS) is 1. The smallest absolute Gasteiger partial charge is 0.322 e. The zero-order valence-electron chi connectivity index (χ0n) is 8.96. The van der Waals surface area contributed by atoms with Gasteiger partial charge >= 0.3 is 5.97 Å². The molecule has 1 fully saturated rings. The summed E-state index contributed by atoms with van der Waals surface area (Å²) in [5, 5.41) is 8.95. The molecule has 0 amide bonds. The molecule has 1 rings (SSSR count). The topological polar surface area (TPSA) is 83.9 Å². The van der Waals surface area contributed by atoms with E-state index in [1.165, 1.54) is 18.9 Å². The van der Waals surface area contributed by atoms with Gasteiger partial charge in [-0.1, -0.05) is 0 Å². The second kappa shape index (κ2) is 5.85. The van der Waals surface area contributed by atoms with Gasteiger partial charge in [-0.3, -0.25) is 4.79 Å². The Morgan fingerprint density at radius 1 is 1.62 bits per heavy atom. The summed E-state index contributed by atoms with van der Waals surface area (Å²) in [6.07, 6.45) is 0. The van der Waals surface area contributed by atoms with E-state index < -0.39 is 22.0 Å². The molecule has 1 heterocycles. The third kappa shape index (κ3) is 3.34. The molecule has 1 aliphatic heterocycles. The quantitative estimate of drug-likeness (QED) is 0.722. The van der Waals surface area contributed by atoms with Gasteiger partial charge in [-0.25, -0.2) is 8.42 Å². The van der Waals surface area contributed by atoms with Crippen LogP contribution in [0.2, 0.25) is 0 Å². The molecular formula is C8H15NO5S2. The molecule has 0 aromatic carbocycles. The van der Waals surface area contributed by atoms with Crippen LogP contribution in [0.5, 0.6) is 0 Å². The van der Waals surface area contributed by atoms with Gasteiger partial charge in [-0.2, -0.15) is 16.1 Å². The number of thioether (sulfide) groups is 1. The van der Waals surface area contributed by atoms with Crippen LogP contribution in [0.3, 0.4) is 0 Å². The van der Waals surface area contributed by atoms with Crippen molar-refractivity contribution < 1.29 is 23.1 Å². The number of carbonyl (C=O) groups is 1. The highest BCUT2D eigenvalue weighted by molar-refractivity contribution is 7.99. The van der Waals surface area contributed by atoms with Crippen molar-refractivity contribution in [3.8, 4) is 0 Å². The average Bonchev–Trinajstić information content (AvgIpc) is 2.26. The summed E-state index contributed by atoms with van der Waals surface area (Å²) >= 11 is 1.46. The van der Waals surface area contributed by atoms with Gasteiger partial charge in [0.1, 0.15) is 6.04 Å². The lowest BCUT2D eigenvalue weighted by Crippen LogP contribution is -2.51. The molecule has 6 nitrogen and oxygen atoms in total. The fraction of sp³-hybridized carbons (Fsp3) is 0.875. The first-order valence-electron chi connectivity index (χ1n) is 4.78. The molecule has 1 N–H and O–H groups in total. The van der Waals surface area contributed by atoms with E-state index in [1.54, 1.807) is 0 Å². The lowest BCUT2D eigenvalue weighted by Gasteiger charge is -2.31. The molecule has 0 saturated carbocycles. The molecule has 1 unspecified atom stereocenters. The fourth-order valence-corrected chi connectivity index (χ4v) is 4.20. The SMILES string of the molecule is COCCS(=O)(=O)N1CCSCC1C(=O)O. The van der Waals surface area contributed by atoms with Crippen molar-refractivity contribution in [1.82, 2.24) is 4.31 Å². The minimum atomic E-state index is -3.53. The standard InChI is InChI=1S/C8H15NO5S2/c1-14-3-5-16(12,13)9-2-4-15-6-7(9)8(10)11/h7H,2-6H2,1H3,(H,10,11). The number of ether oxygens (including phenoxy) is 1. The summed E-state index contributed by atoms with van der Waals surface area (Å²) in [4.78, 5) is 10.9. The van der Waals surface area contributed by atoms with Gasteiger partial charge < -0.3 is 9.84 Å². The minimum Gasteiger partial charge on any atom is -0.480 e. The number of hydrogen-bond acceptors (Lipinski definition) is 5. The first kappa shape index (κ1) is 13.8. The van der Waals surface area contributed by atoms with E-state index in [-0.39, 0.29) is 18.9 Å². The van der Waals surface area contributed by atoms with E-state index >= 15 is 0 Å². The molecule has 16 heavy (non-hydrogen) atoms. The number of rotatable bonds is 5. The Balaban J connectivity index is 2.78. The summed E-state index contributed by atoms with van der Waals surface area (Å²) < 4.78 is 29.4. The predicted octanol–water partition coefficient (Wildman–Crippen LogP) is -0.535. The van der Waals surface area contributed by atoms with Crippen molar-refractivity contribution in [1.29, 1.82) is 0 Å². The zero-order valence-corrected chi connectivity index (χ0v) is 10.6. The zero-order chi connectivity index (χ0) is 12.2. The van der Waals surface area contributed by atoms with Crippen LogP contribution < -0.4 is 0 Å². The lowest BCUT2D eigenvalue weighted by atomic mass is 10.3. The highest BCUT2D eigenvalue weighted by Crippen LogP contribution is 2.20. The summed E-state index contributed by atoms with van der Waals surface area (Å²) in [7, 11) is -2.11. The summed E-state index contributed by atoms with van der Waals surface area (Å²) in [5.41, 5.74) is 0. The van der Waals surface area contributed by atoms with E-state index in [1.807, 2.05) is 0 Å². The molecule has 0 aliphatic carbocycles. The number of nitrogens with zero attached hydrogens (tertiary/aromatic N) is 1. The van der Waals surface area contributed by atoms with Crippen LogP contribution in [0.15, 0.2) is 0 Å². The summed E-state index contributed by atoms with van der Waals surface area (Å²) in [6.45, 7) is 0.339. The van der Waals surface area contributed by atoms with Crippen molar-refractivity contribution in [2.24, 2.45) is 0 Å². The normalized spacial score (nSPS) is 23.2. The first-order valence-corrected chi connectivity index (χ1v) is 7.54. The maximum Gasteiger partial charge on any atom is 0.322 e. The van der Waals surface area contributed by atoms with Gasteiger partial charge in [0.25, 0.3) is 0 Å². The Morgan fingerprint density at radius 2 is 2.31 bits per heavy atom. The van der Waals surface area contributed by atoms with Gasteiger partial charge in [0.2, 0.25) is 10.0 Å². The molecule has 0 radical (unpaired) electrons. The monoisotopic (exact) mass is 269 g/mol. The maximum absolute atomic E-state index is 11.8. The summed E-state index contributed by atoms with van der Waals surface area (Å²) in [6, 6.07) is -0.944. The summed E-state index contributed by atoms with van der Waals surface area (Å²) in [5.74, 6) is -0.316. The Kier molecular flexibility index (Phi) is 5.03. The van der Waals surface area contributed by atoms with Crippen LogP contribution >= 0.6 is 11.8 Å². The Bertz CT molecular complexity index is 342. The highest BCUT2D eigenvalue weighted by atomic mass is 32.2. The minimum absolute atomic E-state index is 0.0817.